The molecule has 6 fully saturated rings. The Labute approximate surface area is 172 Å². The lowest BCUT2D eigenvalue weighted by molar-refractivity contribution is -0.239. The lowest BCUT2D eigenvalue weighted by Gasteiger charge is -2.47. The van der Waals surface area contributed by atoms with Crippen LogP contribution in [0.15, 0.2) is 0 Å². The van der Waals surface area contributed by atoms with E-state index in [9.17, 15) is 30.0 Å². The molecule has 0 aromatic rings. The van der Waals surface area contributed by atoms with Gasteiger partial charge in [-0.2, -0.15) is 0 Å². The standard InChI is InChI=1S/C20H26O10/c1-6-12(23)28-11-9(21)18-8-5-7(16(2,3)4)17(18)10(22)13(24)29-15(17)30-20(18,14(25)27-8)19(6,11)26/h6-12,15,21-23,26H,5H2,1-4H3/t6-,7+,8?,9+,10+,11?,12?,15+,17?,18?,19-,20-/m1/s1. The van der Waals surface area contributed by atoms with E-state index in [1.807, 2.05) is 20.8 Å². The molecule has 0 radical (unpaired) electrons. The Hall–Kier alpha value is -1.30. The van der Waals surface area contributed by atoms with Crippen LogP contribution in [0.4, 0.5) is 0 Å². The van der Waals surface area contributed by atoms with Gasteiger partial charge >= 0.3 is 11.9 Å². The van der Waals surface area contributed by atoms with Crippen molar-refractivity contribution in [3.63, 3.8) is 0 Å². The maximum Gasteiger partial charge on any atom is 0.342 e. The summed E-state index contributed by atoms with van der Waals surface area (Å²) < 4.78 is 22.8. The van der Waals surface area contributed by atoms with Crippen molar-refractivity contribution < 1.29 is 49.0 Å². The molecule has 0 amide bonds. The van der Waals surface area contributed by atoms with Gasteiger partial charge in [0.2, 0.25) is 11.9 Å². The molecule has 10 nitrogen and oxygen atoms in total. The molecule has 2 spiro atoms. The molecule has 4 heterocycles. The summed E-state index contributed by atoms with van der Waals surface area (Å²) in [4.78, 5) is 25.9. The number of fused-ring (bicyclic) bond motifs is 1. The van der Waals surface area contributed by atoms with Crippen LogP contribution in [-0.2, 0) is 28.5 Å². The van der Waals surface area contributed by atoms with Gasteiger partial charge in [-0.1, -0.05) is 27.7 Å². The SMILES string of the molecule is C[C@@H]1C(O)OC2[C@H](O)C34C5C[C@@H](C(C)(C)C)C36[C@@H](OC(=O)[C@@H]6O)O[C@@]4(C(=O)O5)[C@]21O. The van der Waals surface area contributed by atoms with E-state index in [1.54, 1.807) is 0 Å². The van der Waals surface area contributed by atoms with E-state index >= 15 is 0 Å². The Morgan fingerprint density at radius 2 is 1.77 bits per heavy atom. The molecule has 2 saturated carbocycles. The first-order chi connectivity index (χ1) is 13.8. The summed E-state index contributed by atoms with van der Waals surface area (Å²) in [6.45, 7) is 7.28. The fourth-order valence-electron chi connectivity index (χ4n) is 8.25. The molecule has 5 unspecified atom stereocenters. The van der Waals surface area contributed by atoms with E-state index in [-0.39, 0.29) is 6.42 Å². The summed E-state index contributed by atoms with van der Waals surface area (Å²) in [5, 5.41) is 45.1. The minimum Gasteiger partial charge on any atom is -0.459 e. The molecule has 6 aliphatic rings. The molecule has 166 valence electrons. The average molecular weight is 426 g/mol. The van der Waals surface area contributed by atoms with Crippen LogP contribution < -0.4 is 0 Å². The molecule has 6 rings (SSSR count). The van der Waals surface area contributed by atoms with E-state index < -0.39 is 88.2 Å². The molecule has 4 N–H and O–H groups in total. The van der Waals surface area contributed by atoms with Crippen molar-refractivity contribution >= 4 is 11.9 Å². The molecule has 0 bridgehead atoms. The van der Waals surface area contributed by atoms with Crippen molar-refractivity contribution in [2.45, 2.75) is 82.3 Å². The molecule has 30 heavy (non-hydrogen) atoms. The van der Waals surface area contributed by atoms with E-state index in [2.05, 4.69) is 0 Å². The van der Waals surface area contributed by atoms with Crippen molar-refractivity contribution in [1.82, 2.24) is 0 Å². The number of hydrogen-bond donors (Lipinski definition) is 4. The van der Waals surface area contributed by atoms with Gasteiger partial charge in [-0.25, -0.2) is 9.59 Å². The fourth-order valence-corrected chi connectivity index (χ4v) is 8.25. The van der Waals surface area contributed by atoms with Crippen molar-refractivity contribution in [1.29, 1.82) is 0 Å². The Kier molecular flexibility index (Phi) is 3.15. The van der Waals surface area contributed by atoms with Gasteiger partial charge in [-0.3, -0.25) is 0 Å². The first kappa shape index (κ1) is 19.4. The maximum atomic E-state index is 13.4. The molecular formula is C20H26O10. The monoisotopic (exact) mass is 426 g/mol. The van der Waals surface area contributed by atoms with E-state index in [4.69, 9.17) is 18.9 Å². The smallest absolute Gasteiger partial charge is 0.342 e. The number of carbonyl (C=O) groups is 2. The molecular weight excluding hydrogens is 400 g/mol. The van der Waals surface area contributed by atoms with E-state index in [0.29, 0.717) is 0 Å². The van der Waals surface area contributed by atoms with Crippen molar-refractivity contribution in [3.05, 3.63) is 0 Å². The van der Waals surface area contributed by atoms with Crippen molar-refractivity contribution in [2.75, 3.05) is 0 Å². The zero-order valence-electron chi connectivity index (χ0n) is 17.1. The summed E-state index contributed by atoms with van der Waals surface area (Å²) in [6, 6.07) is 0. The van der Waals surface area contributed by atoms with Crippen LogP contribution in [0.25, 0.3) is 0 Å². The second-order valence-corrected chi connectivity index (χ2v) is 10.8. The summed E-state index contributed by atoms with van der Waals surface area (Å²) in [6.07, 6.45) is -8.09. The van der Waals surface area contributed by atoms with Crippen LogP contribution in [0.2, 0.25) is 0 Å². The molecule has 0 aromatic carbocycles. The van der Waals surface area contributed by atoms with Gasteiger partial charge in [0.15, 0.2) is 12.4 Å². The Bertz CT molecular complexity index is 883. The Morgan fingerprint density at radius 3 is 2.40 bits per heavy atom. The third-order valence-electron chi connectivity index (χ3n) is 9.15. The molecule has 2 aliphatic carbocycles. The van der Waals surface area contributed by atoms with Gasteiger partial charge < -0.3 is 39.4 Å². The quantitative estimate of drug-likeness (QED) is 0.334. The lowest BCUT2D eigenvalue weighted by atomic mass is 9.51. The second-order valence-electron chi connectivity index (χ2n) is 10.8. The number of esters is 2. The Morgan fingerprint density at radius 1 is 1.10 bits per heavy atom. The first-order valence-electron chi connectivity index (χ1n) is 10.4. The predicted octanol–water partition coefficient (Wildman–Crippen LogP) is -1.58. The normalized spacial score (nSPS) is 62.8. The minimum absolute atomic E-state index is 0.251. The number of ether oxygens (including phenoxy) is 4. The molecule has 4 aliphatic heterocycles. The second kappa shape index (κ2) is 4.87. The number of rotatable bonds is 0. The maximum absolute atomic E-state index is 13.4. The topological polar surface area (TPSA) is 152 Å². The average Bonchev–Trinajstić information content (AvgIpc) is 3.35. The minimum atomic E-state index is -2.15. The van der Waals surface area contributed by atoms with E-state index in [1.165, 1.54) is 6.92 Å². The third kappa shape index (κ3) is 1.39. The van der Waals surface area contributed by atoms with Gasteiger partial charge in [0.1, 0.15) is 17.8 Å². The number of aliphatic hydroxyl groups excluding tert-OH is 3. The molecule has 4 saturated heterocycles. The zero-order valence-corrected chi connectivity index (χ0v) is 17.1. The Balaban J connectivity index is 1.71. The zero-order chi connectivity index (χ0) is 21.8. The van der Waals surface area contributed by atoms with E-state index in [0.717, 1.165) is 0 Å². The van der Waals surface area contributed by atoms with Crippen LogP contribution in [0.1, 0.15) is 34.1 Å². The molecule has 12 atom stereocenters. The van der Waals surface area contributed by atoms with Gasteiger partial charge in [-0.05, 0) is 17.8 Å². The highest BCUT2D eigenvalue weighted by Gasteiger charge is 3.03. The van der Waals surface area contributed by atoms with Crippen LogP contribution in [0.3, 0.4) is 0 Å². The van der Waals surface area contributed by atoms with Crippen LogP contribution >= 0.6 is 0 Å². The molecule has 0 aromatic heterocycles. The summed E-state index contributed by atoms with van der Waals surface area (Å²) in [5.74, 6) is -3.26. The first-order valence-corrected chi connectivity index (χ1v) is 10.4. The van der Waals surface area contributed by atoms with Crippen molar-refractivity contribution in [3.8, 4) is 0 Å². The van der Waals surface area contributed by atoms with Crippen LogP contribution in [0, 0.1) is 28.1 Å². The molecule has 10 heteroatoms. The highest BCUT2D eigenvalue weighted by Crippen LogP contribution is 2.84. The summed E-state index contributed by atoms with van der Waals surface area (Å²) in [5.41, 5.74) is -8.01. The highest BCUT2D eigenvalue weighted by molar-refractivity contribution is 5.91. The van der Waals surface area contributed by atoms with Gasteiger partial charge in [0.05, 0.1) is 16.9 Å². The number of hydrogen-bond acceptors (Lipinski definition) is 10. The number of carbonyl (C=O) groups excluding carboxylic acids is 2. The van der Waals surface area contributed by atoms with Gasteiger partial charge in [0.25, 0.3) is 0 Å². The third-order valence-corrected chi connectivity index (χ3v) is 9.15. The van der Waals surface area contributed by atoms with Gasteiger partial charge in [0, 0.05) is 5.92 Å². The lowest BCUT2D eigenvalue weighted by Crippen LogP contribution is -2.67. The van der Waals surface area contributed by atoms with Crippen molar-refractivity contribution in [2.24, 2.45) is 28.1 Å². The fraction of sp³-hybridized carbons (Fsp3) is 0.900. The van der Waals surface area contributed by atoms with Crippen LogP contribution in [-0.4, -0.2) is 80.6 Å². The van der Waals surface area contributed by atoms with Gasteiger partial charge in [-0.15, -0.1) is 0 Å². The highest BCUT2D eigenvalue weighted by atomic mass is 16.8. The van der Waals surface area contributed by atoms with Crippen LogP contribution in [0.5, 0.6) is 0 Å². The summed E-state index contributed by atoms with van der Waals surface area (Å²) >= 11 is 0. The predicted molar refractivity (Wildman–Crippen MR) is 93.0 cm³/mol. The number of aliphatic hydroxyl groups is 4. The summed E-state index contributed by atoms with van der Waals surface area (Å²) in [7, 11) is 0. The largest absolute Gasteiger partial charge is 0.459 e.